The normalized spacial score (nSPS) is 32.7. The molecule has 2 aliphatic rings. The van der Waals surface area contributed by atoms with Gasteiger partial charge in [-0.25, -0.2) is 9.97 Å². The molecule has 1 aromatic heterocycles. The number of fused-ring (bicyclic) bond motifs is 2. The fourth-order valence-corrected chi connectivity index (χ4v) is 3.77. The molecule has 1 aromatic rings. The monoisotopic (exact) mass is 261 g/mol. The first-order valence-electron chi connectivity index (χ1n) is 6.90. The standard InChI is InChI=1S/C14H19N3O2/c1-8-15-5-4-11(17-8)7-16-13-10-3-2-9(6-10)12(13)14(18)19/h4-5,9-10,12-13,16H,2-3,6-7H2,1H3,(H,18,19). The van der Waals surface area contributed by atoms with Crippen LogP contribution < -0.4 is 5.32 Å². The summed E-state index contributed by atoms with van der Waals surface area (Å²) in [6, 6.07) is 1.98. The Kier molecular flexibility index (Phi) is 3.22. The number of nitrogens with zero attached hydrogens (tertiary/aromatic N) is 2. The lowest BCUT2D eigenvalue weighted by Gasteiger charge is -2.28. The number of aryl methyl sites for hydroxylation is 1. The summed E-state index contributed by atoms with van der Waals surface area (Å²) in [5, 5.41) is 12.8. The molecule has 4 unspecified atom stereocenters. The smallest absolute Gasteiger partial charge is 0.308 e. The van der Waals surface area contributed by atoms with E-state index >= 15 is 0 Å². The average Bonchev–Trinajstić information content (AvgIpc) is 2.96. The minimum absolute atomic E-state index is 0.103. The predicted molar refractivity (Wildman–Crippen MR) is 69.4 cm³/mol. The van der Waals surface area contributed by atoms with E-state index in [0.717, 1.165) is 30.8 Å². The van der Waals surface area contributed by atoms with E-state index in [-0.39, 0.29) is 12.0 Å². The first kappa shape index (κ1) is 12.5. The maximum atomic E-state index is 11.4. The zero-order valence-corrected chi connectivity index (χ0v) is 11.0. The molecule has 0 amide bonds. The van der Waals surface area contributed by atoms with Gasteiger partial charge in [-0.3, -0.25) is 4.79 Å². The van der Waals surface area contributed by atoms with Crippen LogP contribution in [-0.4, -0.2) is 27.1 Å². The van der Waals surface area contributed by atoms with Crippen molar-refractivity contribution in [2.45, 2.75) is 38.8 Å². The van der Waals surface area contributed by atoms with Gasteiger partial charge in [0.05, 0.1) is 11.6 Å². The summed E-state index contributed by atoms with van der Waals surface area (Å²) in [4.78, 5) is 19.8. The predicted octanol–water partition coefficient (Wildman–Crippen LogP) is 1.37. The number of hydrogen-bond acceptors (Lipinski definition) is 4. The molecule has 0 aliphatic heterocycles. The van der Waals surface area contributed by atoms with Crippen LogP contribution in [0.25, 0.3) is 0 Å². The third-order valence-corrected chi connectivity index (χ3v) is 4.55. The highest BCUT2D eigenvalue weighted by atomic mass is 16.4. The van der Waals surface area contributed by atoms with Crippen LogP contribution in [0.15, 0.2) is 12.3 Å². The fourth-order valence-electron chi connectivity index (χ4n) is 3.77. The van der Waals surface area contributed by atoms with Crippen LogP contribution in [0.3, 0.4) is 0 Å². The quantitative estimate of drug-likeness (QED) is 0.856. The molecular weight excluding hydrogens is 242 g/mol. The van der Waals surface area contributed by atoms with Crippen molar-refractivity contribution in [3.05, 3.63) is 23.8 Å². The van der Waals surface area contributed by atoms with Crippen molar-refractivity contribution in [1.29, 1.82) is 0 Å². The first-order valence-corrected chi connectivity index (χ1v) is 6.90. The number of aliphatic carboxylic acids is 1. The molecule has 2 aliphatic carbocycles. The summed E-state index contributed by atoms with van der Waals surface area (Å²) in [6.07, 6.45) is 5.05. The summed E-state index contributed by atoms with van der Waals surface area (Å²) in [5.41, 5.74) is 0.930. The Morgan fingerprint density at radius 3 is 3.00 bits per heavy atom. The van der Waals surface area contributed by atoms with Crippen molar-refractivity contribution in [1.82, 2.24) is 15.3 Å². The Morgan fingerprint density at radius 1 is 1.47 bits per heavy atom. The van der Waals surface area contributed by atoms with Crippen LogP contribution in [0.2, 0.25) is 0 Å². The Morgan fingerprint density at radius 2 is 2.26 bits per heavy atom. The third-order valence-electron chi connectivity index (χ3n) is 4.55. The number of carboxylic acid groups (broad SMARTS) is 1. The molecule has 0 spiro atoms. The molecule has 2 N–H and O–H groups in total. The minimum atomic E-state index is -0.649. The van der Waals surface area contributed by atoms with Crippen LogP contribution >= 0.6 is 0 Å². The molecule has 102 valence electrons. The van der Waals surface area contributed by atoms with E-state index in [4.69, 9.17) is 0 Å². The van der Waals surface area contributed by atoms with Crippen molar-refractivity contribution in [3.63, 3.8) is 0 Å². The van der Waals surface area contributed by atoms with Crippen molar-refractivity contribution >= 4 is 5.97 Å². The Hall–Kier alpha value is -1.49. The lowest BCUT2D eigenvalue weighted by atomic mass is 9.84. The summed E-state index contributed by atoms with van der Waals surface area (Å²) < 4.78 is 0. The van der Waals surface area contributed by atoms with Gasteiger partial charge in [0.1, 0.15) is 5.82 Å². The second-order valence-electron chi connectivity index (χ2n) is 5.70. The highest BCUT2D eigenvalue weighted by Gasteiger charge is 2.50. The molecule has 2 fully saturated rings. The number of hydrogen-bond donors (Lipinski definition) is 2. The molecular formula is C14H19N3O2. The van der Waals surface area contributed by atoms with Crippen molar-refractivity contribution in [2.24, 2.45) is 17.8 Å². The first-order chi connectivity index (χ1) is 9.15. The van der Waals surface area contributed by atoms with Gasteiger partial charge in [0.2, 0.25) is 0 Å². The molecule has 0 radical (unpaired) electrons. The van der Waals surface area contributed by atoms with Gasteiger partial charge in [-0.2, -0.15) is 0 Å². The van der Waals surface area contributed by atoms with Crippen LogP contribution in [0.1, 0.15) is 30.8 Å². The summed E-state index contributed by atoms with van der Waals surface area (Å²) in [5.74, 6) is 0.772. The van der Waals surface area contributed by atoms with Crippen molar-refractivity contribution < 1.29 is 9.90 Å². The van der Waals surface area contributed by atoms with Gasteiger partial charge in [-0.1, -0.05) is 0 Å². The van der Waals surface area contributed by atoms with Crippen molar-refractivity contribution in [2.75, 3.05) is 0 Å². The number of rotatable bonds is 4. The molecule has 0 aromatic carbocycles. The molecule has 2 bridgehead atoms. The maximum Gasteiger partial charge on any atom is 0.308 e. The van der Waals surface area contributed by atoms with Crippen LogP contribution in [0, 0.1) is 24.7 Å². The van der Waals surface area contributed by atoms with Crippen LogP contribution in [0.4, 0.5) is 0 Å². The van der Waals surface area contributed by atoms with Gasteiger partial charge in [0, 0.05) is 18.8 Å². The molecule has 4 atom stereocenters. The van der Waals surface area contributed by atoms with E-state index in [1.165, 1.54) is 0 Å². The Balaban J connectivity index is 1.67. The van der Waals surface area contributed by atoms with E-state index in [0.29, 0.717) is 18.4 Å². The van der Waals surface area contributed by atoms with E-state index < -0.39 is 5.97 Å². The zero-order chi connectivity index (χ0) is 13.4. The molecule has 0 saturated heterocycles. The molecule has 1 heterocycles. The lowest BCUT2D eigenvalue weighted by molar-refractivity contribution is -0.144. The molecule has 5 heteroatoms. The van der Waals surface area contributed by atoms with E-state index in [1.807, 2.05) is 13.0 Å². The number of carbonyl (C=O) groups is 1. The van der Waals surface area contributed by atoms with Gasteiger partial charge in [0.25, 0.3) is 0 Å². The summed E-state index contributed by atoms with van der Waals surface area (Å²) in [7, 11) is 0. The van der Waals surface area contributed by atoms with Crippen LogP contribution in [-0.2, 0) is 11.3 Å². The maximum absolute atomic E-state index is 11.4. The second kappa shape index (κ2) is 4.89. The SMILES string of the molecule is Cc1nccc(CNC2C3CCC(C3)C2C(=O)O)n1. The largest absolute Gasteiger partial charge is 0.481 e. The van der Waals surface area contributed by atoms with Crippen molar-refractivity contribution in [3.8, 4) is 0 Å². The Bertz CT molecular complexity index is 491. The average molecular weight is 261 g/mol. The zero-order valence-electron chi connectivity index (χ0n) is 11.0. The number of carboxylic acids is 1. The summed E-state index contributed by atoms with van der Waals surface area (Å²) in [6.45, 7) is 2.49. The summed E-state index contributed by atoms with van der Waals surface area (Å²) >= 11 is 0. The topological polar surface area (TPSA) is 75.1 Å². The van der Waals surface area contributed by atoms with Gasteiger partial charge < -0.3 is 10.4 Å². The second-order valence-corrected chi connectivity index (χ2v) is 5.70. The molecule has 5 nitrogen and oxygen atoms in total. The lowest BCUT2D eigenvalue weighted by Crippen LogP contribution is -2.43. The molecule has 3 rings (SSSR count). The highest BCUT2D eigenvalue weighted by molar-refractivity contribution is 5.72. The highest BCUT2D eigenvalue weighted by Crippen LogP contribution is 2.48. The minimum Gasteiger partial charge on any atom is -0.481 e. The van der Waals surface area contributed by atoms with Gasteiger partial charge >= 0.3 is 5.97 Å². The molecule has 19 heavy (non-hydrogen) atoms. The third kappa shape index (κ3) is 2.34. The van der Waals surface area contributed by atoms with E-state index in [2.05, 4.69) is 15.3 Å². The molecule has 2 saturated carbocycles. The van der Waals surface area contributed by atoms with Gasteiger partial charge in [-0.15, -0.1) is 0 Å². The van der Waals surface area contributed by atoms with E-state index in [1.54, 1.807) is 6.20 Å². The number of aromatic nitrogens is 2. The fraction of sp³-hybridized carbons (Fsp3) is 0.643. The van der Waals surface area contributed by atoms with Gasteiger partial charge in [-0.05, 0) is 44.1 Å². The van der Waals surface area contributed by atoms with E-state index in [9.17, 15) is 9.90 Å². The van der Waals surface area contributed by atoms with Gasteiger partial charge in [0.15, 0.2) is 0 Å². The Labute approximate surface area is 112 Å². The number of nitrogens with one attached hydrogen (secondary N) is 1. The van der Waals surface area contributed by atoms with Crippen LogP contribution in [0.5, 0.6) is 0 Å².